The average Bonchev–Trinajstić information content (AvgIpc) is 2.91. The molecule has 1 saturated carbocycles. The van der Waals surface area contributed by atoms with E-state index in [1.807, 2.05) is 0 Å². The van der Waals surface area contributed by atoms with Crippen molar-refractivity contribution in [3.8, 4) is 5.75 Å². The van der Waals surface area contributed by atoms with Crippen molar-refractivity contribution in [1.29, 1.82) is 0 Å². The van der Waals surface area contributed by atoms with Crippen LogP contribution in [0.15, 0.2) is 12.1 Å². The van der Waals surface area contributed by atoms with Gasteiger partial charge in [0.25, 0.3) is 0 Å². The van der Waals surface area contributed by atoms with Crippen LogP contribution in [0.1, 0.15) is 18.5 Å². The largest absolute Gasteiger partial charge is 0.504 e. The van der Waals surface area contributed by atoms with Crippen molar-refractivity contribution in [1.82, 2.24) is 4.98 Å². The molecule has 0 atom stereocenters. The first kappa shape index (κ1) is 9.92. The number of pyridine rings is 1. The zero-order valence-corrected chi connectivity index (χ0v) is 8.45. The zero-order valence-electron chi connectivity index (χ0n) is 8.45. The summed E-state index contributed by atoms with van der Waals surface area (Å²) in [6.45, 7) is 1.78. The Morgan fingerprint density at radius 2 is 2.27 bits per heavy atom. The van der Waals surface area contributed by atoms with E-state index in [-0.39, 0.29) is 17.5 Å². The van der Waals surface area contributed by atoms with Gasteiger partial charge in [-0.25, -0.2) is 4.98 Å². The van der Waals surface area contributed by atoms with Crippen molar-refractivity contribution in [3.63, 3.8) is 0 Å². The molecule has 2 rings (SSSR count). The van der Waals surface area contributed by atoms with Crippen molar-refractivity contribution < 1.29 is 9.90 Å². The van der Waals surface area contributed by atoms with Crippen LogP contribution in [-0.2, 0) is 4.79 Å². The number of aromatic nitrogens is 1. The summed E-state index contributed by atoms with van der Waals surface area (Å²) in [7, 11) is 0. The molecule has 80 valence electrons. The molecule has 1 aromatic heterocycles. The third-order valence-corrected chi connectivity index (χ3v) is 2.49. The molecule has 5 nitrogen and oxygen atoms in total. The first-order valence-corrected chi connectivity index (χ1v) is 4.78. The summed E-state index contributed by atoms with van der Waals surface area (Å²) in [6.07, 6.45) is 1.37. The molecule has 0 saturated heterocycles. The minimum atomic E-state index is -0.752. The van der Waals surface area contributed by atoms with Crippen LogP contribution in [0.3, 0.4) is 0 Å². The number of anilines is 1. The molecule has 1 amide bonds. The number of hydrogen-bond acceptors (Lipinski definition) is 4. The van der Waals surface area contributed by atoms with E-state index in [2.05, 4.69) is 10.3 Å². The van der Waals surface area contributed by atoms with Crippen molar-refractivity contribution >= 4 is 11.7 Å². The van der Waals surface area contributed by atoms with E-state index in [9.17, 15) is 9.90 Å². The first-order valence-electron chi connectivity index (χ1n) is 4.78. The second-order valence-electron chi connectivity index (χ2n) is 3.93. The van der Waals surface area contributed by atoms with Gasteiger partial charge in [0.2, 0.25) is 5.91 Å². The predicted molar refractivity (Wildman–Crippen MR) is 55.4 cm³/mol. The van der Waals surface area contributed by atoms with Crippen LogP contribution in [0.25, 0.3) is 0 Å². The van der Waals surface area contributed by atoms with Gasteiger partial charge in [0.15, 0.2) is 11.6 Å². The molecule has 0 aromatic carbocycles. The van der Waals surface area contributed by atoms with E-state index in [0.29, 0.717) is 12.8 Å². The Bertz CT molecular complexity index is 413. The molecule has 0 spiro atoms. The molecule has 1 aromatic rings. The highest BCUT2D eigenvalue weighted by atomic mass is 16.3. The number of aromatic hydroxyl groups is 1. The van der Waals surface area contributed by atoms with Crippen molar-refractivity contribution in [3.05, 3.63) is 17.8 Å². The number of rotatable bonds is 2. The Balaban J connectivity index is 2.16. The van der Waals surface area contributed by atoms with Crippen LogP contribution in [0, 0.1) is 6.92 Å². The fraction of sp³-hybridized carbons (Fsp3) is 0.400. The van der Waals surface area contributed by atoms with Crippen LogP contribution < -0.4 is 11.1 Å². The van der Waals surface area contributed by atoms with E-state index >= 15 is 0 Å². The van der Waals surface area contributed by atoms with Crippen molar-refractivity contribution in [2.45, 2.75) is 25.3 Å². The topological polar surface area (TPSA) is 88.2 Å². The van der Waals surface area contributed by atoms with Gasteiger partial charge in [0.1, 0.15) is 0 Å². The number of amides is 1. The number of nitrogens with two attached hydrogens (primary N) is 1. The quantitative estimate of drug-likeness (QED) is 0.659. The molecule has 1 heterocycles. The Morgan fingerprint density at radius 1 is 1.60 bits per heavy atom. The number of carbonyl (C=O) groups is 1. The van der Waals surface area contributed by atoms with E-state index in [4.69, 9.17) is 5.73 Å². The minimum Gasteiger partial charge on any atom is -0.504 e. The summed E-state index contributed by atoms with van der Waals surface area (Å²) in [6, 6.07) is 3.16. The second kappa shape index (κ2) is 3.20. The van der Waals surface area contributed by atoms with E-state index in [0.717, 1.165) is 5.69 Å². The highest BCUT2D eigenvalue weighted by Crippen LogP contribution is 2.34. The molecule has 0 aliphatic heterocycles. The van der Waals surface area contributed by atoms with Gasteiger partial charge in [-0.3, -0.25) is 4.79 Å². The molecular formula is C10H13N3O2. The monoisotopic (exact) mass is 207 g/mol. The fourth-order valence-corrected chi connectivity index (χ4v) is 1.24. The van der Waals surface area contributed by atoms with Crippen LogP contribution in [0.5, 0.6) is 5.75 Å². The molecular weight excluding hydrogens is 194 g/mol. The maximum absolute atomic E-state index is 11.6. The highest BCUT2D eigenvalue weighted by molar-refractivity contribution is 6.00. The third kappa shape index (κ3) is 1.92. The standard InChI is InChI=1S/C10H13N3O2/c1-6-2-3-7(14)8(12-6)13-9(15)10(11)4-5-10/h2-3,14H,4-5,11H2,1H3,(H,12,13,15). The molecule has 0 unspecified atom stereocenters. The number of aryl methyl sites for hydroxylation is 1. The summed E-state index contributed by atoms with van der Waals surface area (Å²) in [5.41, 5.74) is 5.68. The van der Waals surface area contributed by atoms with Crippen LogP contribution >= 0.6 is 0 Å². The van der Waals surface area contributed by atoms with Crippen LogP contribution in [-0.4, -0.2) is 21.5 Å². The van der Waals surface area contributed by atoms with Gasteiger partial charge < -0.3 is 16.2 Å². The van der Waals surface area contributed by atoms with Crippen molar-refractivity contribution in [2.24, 2.45) is 5.73 Å². The molecule has 1 aliphatic rings. The smallest absolute Gasteiger partial charge is 0.245 e. The number of carbonyl (C=O) groups excluding carboxylic acids is 1. The summed E-state index contributed by atoms with van der Waals surface area (Å²) in [5.74, 6) is -0.147. The van der Waals surface area contributed by atoms with Gasteiger partial charge in [0, 0.05) is 5.69 Å². The SMILES string of the molecule is Cc1ccc(O)c(NC(=O)C2(N)CC2)n1. The lowest BCUT2D eigenvalue weighted by Crippen LogP contribution is -2.38. The van der Waals surface area contributed by atoms with Gasteiger partial charge in [-0.1, -0.05) is 0 Å². The Labute approximate surface area is 87.3 Å². The predicted octanol–water partition coefficient (Wildman–Crippen LogP) is 0.525. The summed E-state index contributed by atoms with van der Waals surface area (Å²) < 4.78 is 0. The Kier molecular flexibility index (Phi) is 2.12. The van der Waals surface area contributed by atoms with E-state index < -0.39 is 5.54 Å². The Hall–Kier alpha value is -1.62. The molecule has 4 N–H and O–H groups in total. The zero-order chi connectivity index (χ0) is 11.1. The Morgan fingerprint density at radius 3 is 2.87 bits per heavy atom. The molecule has 0 radical (unpaired) electrons. The molecule has 5 heteroatoms. The molecule has 1 fully saturated rings. The lowest BCUT2D eigenvalue weighted by atomic mass is 10.2. The average molecular weight is 207 g/mol. The van der Waals surface area contributed by atoms with E-state index in [1.165, 1.54) is 6.07 Å². The summed E-state index contributed by atoms with van der Waals surface area (Å²) in [5, 5.41) is 12.0. The minimum absolute atomic E-state index is 0.0433. The number of nitrogens with zero attached hydrogens (tertiary/aromatic N) is 1. The van der Waals surface area contributed by atoms with Crippen molar-refractivity contribution in [2.75, 3.05) is 5.32 Å². The van der Waals surface area contributed by atoms with E-state index in [1.54, 1.807) is 13.0 Å². The van der Waals surface area contributed by atoms with Crippen LogP contribution in [0.4, 0.5) is 5.82 Å². The van der Waals surface area contributed by atoms with Crippen LogP contribution in [0.2, 0.25) is 0 Å². The molecule has 15 heavy (non-hydrogen) atoms. The molecule has 0 bridgehead atoms. The maximum Gasteiger partial charge on any atom is 0.245 e. The second-order valence-corrected chi connectivity index (χ2v) is 3.93. The number of hydrogen-bond donors (Lipinski definition) is 3. The fourth-order valence-electron chi connectivity index (χ4n) is 1.24. The molecule has 1 aliphatic carbocycles. The van der Waals surface area contributed by atoms with Gasteiger partial charge >= 0.3 is 0 Å². The lowest BCUT2D eigenvalue weighted by Gasteiger charge is -2.10. The first-order chi connectivity index (χ1) is 7.01. The summed E-state index contributed by atoms with van der Waals surface area (Å²) >= 11 is 0. The number of nitrogens with one attached hydrogen (secondary N) is 1. The van der Waals surface area contributed by atoms with Gasteiger partial charge in [-0.15, -0.1) is 0 Å². The van der Waals surface area contributed by atoms with Gasteiger partial charge in [-0.2, -0.15) is 0 Å². The highest BCUT2D eigenvalue weighted by Gasteiger charge is 2.46. The van der Waals surface area contributed by atoms with Gasteiger partial charge in [0.05, 0.1) is 5.54 Å². The third-order valence-electron chi connectivity index (χ3n) is 2.49. The maximum atomic E-state index is 11.6. The normalized spacial score (nSPS) is 17.2. The lowest BCUT2D eigenvalue weighted by molar-refractivity contribution is -0.118. The van der Waals surface area contributed by atoms with Gasteiger partial charge in [-0.05, 0) is 31.9 Å². The summed E-state index contributed by atoms with van der Waals surface area (Å²) in [4.78, 5) is 15.6.